The Morgan fingerprint density at radius 1 is 0.946 bits per heavy atom. The number of hydrogen-bond donors (Lipinski definition) is 6. The summed E-state index contributed by atoms with van der Waals surface area (Å²) >= 11 is 0. The molecular weight excluding hydrogens is 488 g/mol. The van der Waals surface area contributed by atoms with Crippen LogP contribution in [0.1, 0.15) is 35.3 Å². The van der Waals surface area contributed by atoms with Gasteiger partial charge in [-0.15, -0.1) is 0 Å². The molecule has 2 atom stereocenters. The number of carbonyl (C=O) groups is 4. The normalized spacial score (nSPS) is 12.4. The maximum absolute atomic E-state index is 13.7. The van der Waals surface area contributed by atoms with E-state index in [1.165, 1.54) is 29.7 Å². The molecule has 37 heavy (non-hydrogen) atoms. The highest BCUT2D eigenvalue weighted by molar-refractivity contribution is 5.98. The fourth-order valence-electron chi connectivity index (χ4n) is 3.09. The van der Waals surface area contributed by atoms with Gasteiger partial charge in [0.1, 0.15) is 11.6 Å². The van der Waals surface area contributed by atoms with Gasteiger partial charge in [-0.3, -0.25) is 19.6 Å². The van der Waals surface area contributed by atoms with E-state index in [0.29, 0.717) is 16.8 Å². The number of nitrogens with one attached hydrogen (secondary N) is 4. The summed E-state index contributed by atoms with van der Waals surface area (Å²) in [5.74, 6) is 7.79. The summed E-state index contributed by atoms with van der Waals surface area (Å²) in [7, 11) is 0. The molecule has 5 amide bonds. The van der Waals surface area contributed by atoms with Crippen molar-refractivity contribution in [3.05, 3.63) is 65.2 Å². The van der Waals surface area contributed by atoms with Gasteiger partial charge in [0.2, 0.25) is 5.91 Å². The zero-order valence-electron chi connectivity index (χ0n) is 19.7. The summed E-state index contributed by atoms with van der Waals surface area (Å²) in [4.78, 5) is 46.9. The van der Waals surface area contributed by atoms with Crippen LogP contribution in [-0.4, -0.2) is 47.0 Å². The van der Waals surface area contributed by atoms with Crippen molar-refractivity contribution in [2.75, 3.05) is 5.32 Å². The summed E-state index contributed by atoms with van der Waals surface area (Å²) in [6, 6.07) is 9.58. The van der Waals surface area contributed by atoms with Crippen molar-refractivity contribution in [1.29, 1.82) is 0 Å². The predicted molar refractivity (Wildman–Crippen MR) is 129 cm³/mol. The van der Waals surface area contributed by atoms with Gasteiger partial charge in [-0.25, -0.2) is 19.1 Å². The van der Waals surface area contributed by atoms with Crippen LogP contribution in [0.4, 0.5) is 19.3 Å². The number of hydrogen-bond acceptors (Lipinski definition) is 5. The van der Waals surface area contributed by atoms with Crippen LogP contribution in [0.15, 0.2) is 48.5 Å². The minimum atomic E-state index is -3.26. The van der Waals surface area contributed by atoms with E-state index >= 15 is 0 Å². The number of anilines is 1. The van der Waals surface area contributed by atoms with Crippen molar-refractivity contribution in [1.82, 2.24) is 16.1 Å². The quantitative estimate of drug-likeness (QED) is 0.188. The molecule has 0 spiro atoms. The second kappa shape index (κ2) is 12.7. The summed E-state index contributed by atoms with van der Waals surface area (Å²) in [5, 5.41) is 15.5. The number of nitrogens with two attached hydrogens (primary N) is 1. The molecule has 7 N–H and O–H groups in total. The molecule has 10 nitrogen and oxygen atoms in total. The fourth-order valence-corrected chi connectivity index (χ4v) is 3.09. The molecule has 1 unspecified atom stereocenters. The maximum Gasteiger partial charge on any atom is 0.316 e. The molecule has 0 heterocycles. The highest BCUT2D eigenvalue weighted by Gasteiger charge is 2.48. The molecule has 2 rings (SSSR count). The molecular formula is C25H23F2N5O5. The molecule has 0 aromatic heterocycles. The topological polar surface area (TPSA) is 163 Å². The smallest absolute Gasteiger partial charge is 0.316 e. The van der Waals surface area contributed by atoms with Crippen LogP contribution in [0, 0.1) is 23.7 Å². The Morgan fingerprint density at radius 3 is 1.89 bits per heavy atom. The zero-order valence-corrected chi connectivity index (χ0v) is 19.7. The maximum atomic E-state index is 13.7. The van der Waals surface area contributed by atoms with Gasteiger partial charge in [0.05, 0.1) is 0 Å². The van der Waals surface area contributed by atoms with Crippen LogP contribution in [0.2, 0.25) is 0 Å². The largest absolute Gasteiger partial charge is 0.351 e. The van der Waals surface area contributed by atoms with Gasteiger partial charge >= 0.3 is 6.03 Å². The van der Waals surface area contributed by atoms with E-state index < -0.39 is 41.8 Å². The lowest BCUT2D eigenvalue weighted by molar-refractivity contribution is -0.137. The first-order chi connectivity index (χ1) is 17.5. The minimum absolute atomic E-state index is 0.0106. The van der Waals surface area contributed by atoms with Crippen LogP contribution in [0.3, 0.4) is 0 Å². The number of carbonyl (C=O) groups excluding carboxylic acids is 4. The summed E-state index contributed by atoms with van der Waals surface area (Å²) in [6.45, 7) is 1.84. The molecule has 0 saturated carbocycles. The summed E-state index contributed by atoms with van der Waals surface area (Å²) in [6.07, 6.45) is -3.26. The van der Waals surface area contributed by atoms with Crippen LogP contribution < -0.4 is 27.2 Å². The van der Waals surface area contributed by atoms with Crippen molar-refractivity contribution in [3.63, 3.8) is 0 Å². The first-order valence-corrected chi connectivity index (χ1v) is 10.6. The van der Waals surface area contributed by atoms with Crippen LogP contribution >= 0.6 is 0 Å². The number of hydroxylamine groups is 1. The third kappa shape index (κ3) is 8.06. The van der Waals surface area contributed by atoms with Gasteiger partial charge in [0.15, 0.2) is 0 Å². The SMILES string of the molecule is CC(=O)NC(C)(C(F)F)[C@H](NC(=O)c1ccc(C#CC#Cc2ccc(NC(N)=O)cc2)cc1)C(=O)NO. The van der Waals surface area contributed by atoms with Crippen LogP contribution in [0.25, 0.3) is 0 Å². The van der Waals surface area contributed by atoms with Crippen molar-refractivity contribution in [2.24, 2.45) is 5.73 Å². The summed E-state index contributed by atoms with van der Waals surface area (Å²) < 4.78 is 27.5. The number of primary amides is 1. The van der Waals surface area contributed by atoms with E-state index in [4.69, 9.17) is 10.9 Å². The Morgan fingerprint density at radius 2 is 1.46 bits per heavy atom. The van der Waals surface area contributed by atoms with E-state index in [0.717, 1.165) is 13.8 Å². The molecule has 0 aliphatic carbocycles. The molecule has 2 aromatic rings. The van der Waals surface area contributed by atoms with Gasteiger partial charge in [0.25, 0.3) is 18.2 Å². The highest BCUT2D eigenvalue weighted by Crippen LogP contribution is 2.21. The molecule has 0 radical (unpaired) electrons. The monoisotopic (exact) mass is 511 g/mol. The third-order valence-corrected chi connectivity index (χ3v) is 4.92. The number of urea groups is 1. The van der Waals surface area contributed by atoms with Crippen molar-refractivity contribution in [2.45, 2.75) is 31.9 Å². The number of benzene rings is 2. The predicted octanol–water partition coefficient (Wildman–Crippen LogP) is 1.34. The Labute approximate surface area is 210 Å². The first kappa shape index (κ1) is 28.3. The number of halogens is 2. The Bertz CT molecular complexity index is 1290. The lowest BCUT2D eigenvalue weighted by atomic mass is 9.91. The Hall–Kier alpha value is -4.94. The average molecular weight is 511 g/mol. The Balaban J connectivity index is 2.13. The van der Waals surface area contributed by atoms with E-state index in [2.05, 4.69) is 34.3 Å². The van der Waals surface area contributed by atoms with Crippen molar-refractivity contribution >= 4 is 29.4 Å². The van der Waals surface area contributed by atoms with E-state index in [-0.39, 0.29) is 5.56 Å². The molecule has 2 aromatic carbocycles. The fraction of sp³-hybridized carbons (Fsp3) is 0.200. The molecule has 12 heteroatoms. The van der Waals surface area contributed by atoms with E-state index in [9.17, 15) is 28.0 Å². The lowest BCUT2D eigenvalue weighted by Crippen LogP contribution is -2.68. The van der Waals surface area contributed by atoms with Crippen molar-refractivity contribution in [3.8, 4) is 23.7 Å². The minimum Gasteiger partial charge on any atom is -0.351 e. The molecule has 192 valence electrons. The highest BCUT2D eigenvalue weighted by atomic mass is 19.3. The van der Waals surface area contributed by atoms with Crippen LogP contribution in [0.5, 0.6) is 0 Å². The Kier molecular flexibility index (Phi) is 9.69. The average Bonchev–Trinajstić information content (AvgIpc) is 2.85. The molecule has 0 aliphatic heterocycles. The van der Waals surface area contributed by atoms with E-state index in [1.807, 2.05) is 5.32 Å². The third-order valence-electron chi connectivity index (χ3n) is 4.92. The number of alkyl halides is 2. The molecule has 0 bridgehead atoms. The van der Waals surface area contributed by atoms with E-state index in [1.54, 1.807) is 24.3 Å². The lowest BCUT2D eigenvalue weighted by Gasteiger charge is -2.36. The van der Waals surface area contributed by atoms with Gasteiger partial charge in [-0.1, -0.05) is 11.8 Å². The zero-order chi connectivity index (χ0) is 27.6. The van der Waals surface area contributed by atoms with Gasteiger partial charge in [-0.2, -0.15) is 0 Å². The van der Waals surface area contributed by atoms with Crippen LogP contribution in [-0.2, 0) is 9.59 Å². The molecule has 0 saturated heterocycles. The second-order valence-electron chi connectivity index (χ2n) is 7.79. The van der Waals surface area contributed by atoms with Crippen molar-refractivity contribution < 1.29 is 33.2 Å². The van der Waals surface area contributed by atoms with Gasteiger partial charge < -0.3 is 21.7 Å². The van der Waals surface area contributed by atoms with Gasteiger partial charge in [0, 0.05) is 29.3 Å². The number of amides is 5. The standard InChI is InChI=1S/C25H23F2N5O5/c1-15(33)31-25(2,23(26)27)20(22(35)32-37)30-21(34)18-11-7-16(8-12-18)5-3-4-6-17-9-13-19(14-10-17)29-24(28)36/h7-14,20,23,37H,1-2H3,(H,30,34)(H,31,33)(H,32,35)(H3,28,29,36)/t20-,25?/m1/s1. The summed E-state index contributed by atoms with van der Waals surface area (Å²) in [5.41, 5.74) is 5.43. The number of rotatable bonds is 7. The second-order valence-corrected chi connectivity index (χ2v) is 7.79. The first-order valence-electron chi connectivity index (χ1n) is 10.6. The molecule has 0 fully saturated rings. The van der Waals surface area contributed by atoms with Gasteiger partial charge in [-0.05, 0) is 67.3 Å². The molecule has 0 aliphatic rings.